The van der Waals surface area contributed by atoms with Gasteiger partial charge in [0.15, 0.2) is 5.82 Å². The fourth-order valence-corrected chi connectivity index (χ4v) is 2.82. The summed E-state index contributed by atoms with van der Waals surface area (Å²) in [5.74, 6) is -0.866. The van der Waals surface area contributed by atoms with Gasteiger partial charge in [0.05, 0.1) is 5.56 Å². The van der Waals surface area contributed by atoms with Gasteiger partial charge in [-0.15, -0.1) is 0 Å². The van der Waals surface area contributed by atoms with Crippen LogP contribution in [0.5, 0.6) is 0 Å². The Morgan fingerprint density at radius 3 is 2.57 bits per heavy atom. The second kappa shape index (κ2) is 6.15. The van der Waals surface area contributed by atoms with Crippen LogP contribution in [0.25, 0.3) is 5.82 Å². The molecule has 8 heteroatoms. The zero-order chi connectivity index (χ0) is 16.3. The first-order valence-electron chi connectivity index (χ1n) is 7.48. The van der Waals surface area contributed by atoms with Gasteiger partial charge in [0.25, 0.3) is 5.91 Å². The second-order valence-corrected chi connectivity index (χ2v) is 5.65. The predicted molar refractivity (Wildman–Crippen MR) is 80.1 cm³/mol. The molecule has 0 spiro atoms. The Hall–Kier alpha value is -2.77. The summed E-state index contributed by atoms with van der Waals surface area (Å²) >= 11 is 0. The maximum atomic E-state index is 12.4. The fourth-order valence-electron chi connectivity index (χ4n) is 2.82. The predicted octanol–water partition coefficient (Wildman–Crippen LogP) is 1.18. The fraction of sp³-hybridized carbons (Fsp3) is 0.400. The van der Waals surface area contributed by atoms with E-state index < -0.39 is 17.4 Å². The quantitative estimate of drug-likeness (QED) is 0.876. The van der Waals surface area contributed by atoms with Gasteiger partial charge in [-0.2, -0.15) is 5.10 Å². The minimum atomic E-state index is -1.17. The van der Waals surface area contributed by atoms with Crippen LogP contribution in [0.4, 0.5) is 0 Å². The van der Waals surface area contributed by atoms with E-state index in [2.05, 4.69) is 20.4 Å². The Morgan fingerprint density at radius 1 is 1.22 bits per heavy atom. The topological polar surface area (TPSA) is 110 Å². The molecule has 0 saturated heterocycles. The summed E-state index contributed by atoms with van der Waals surface area (Å²) in [5.41, 5.74) is -0.847. The summed E-state index contributed by atoms with van der Waals surface area (Å²) in [7, 11) is 0. The normalized spacial score (nSPS) is 16.7. The lowest BCUT2D eigenvalue weighted by Crippen LogP contribution is -2.55. The third kappa shape index (κ3) is 3.05. The number of pyridine rings is 1. The molecule has 2 aromatic heterocycles. The molecule has 0 atom stereocenters. The average Bonchev–Trinajstić information content (AvgIpc) is 3.10. The van der Waals surface area contributed by atoms with Crippen molar-refractivity contribution >= 4 is 11.9 Å². The minimum Gasteiger partial charge on any atom is -0.480 e. The standard InChI is InChI=1S/C15H17N5O3/c21-13(19-15(14(22)23)6-2-1-3-7-15)11-4-5-12(17-8-11)20-10-16-9-18-20/h4-5,8-10H,1-3,6-7H2,(H,19,21)(H,22,23). The molecule has 1 amide bonds. The SMILES string of the molecule is O=C(NC1(C(=O)O)CCCCC1)c1ccc(-n2cncn2)nc1. The highest BCUT2D eigenvalue weighted by Gasteiger charge is 2.41. The van der Waals surface area contributed by atoms with Crippen LogP contribution in [-0.2, 0) is 4.79 Å². The van der Waals surface area contributed by atoms with Crippen LogP contribution in [0.2, 0.25) is 0 Å². The summed E-state index contributed by atoms with van der Waals surface area (Å²) < 4.78 is 1.47. The number of hydrogen-bond donors (Lipinski definition) is 2. The summed E-state index contributed by atoms with van der Waals surface area (Å²) in [4.78, 5) is 32.0. The van der Waals surface area contributed by atoms with E-state index in [0.717, 1.165) is 19.3 Å². The summed E-state index contributed by atoms with van der Waals surface area (Å²) in [6.45, 7) is 0. The molecule has 1 aliphatic rings. The van der Waals surface area contributed by atoms with Crippen molar-refractivity contribution in [2.75, 3.05) is 0 Å². The van der Waals surface area contributed by atoms with Crippen LogP contribution in [-0.4, -0.2) is 42.3 Å². The highest BCUT2D eigenvalue weighted by Crippen LogP contribution is 2.28. The van der Waals surface area contributed by atoms with Gasteiger partial charge in [-0.3, -0.25) is 4.79 Å². The van der Waals surface area contributed by atoms with Crippen LogP contribution in [0.3, 0.4) is 0 Å². The van der Waals surface area contributed by atoms with Crippen LogP contribution in [0.1, 0.15) is 42.5 Å². The molecule has 2 aromatic rings. The molecule has 3 rings (SSSR count). The van der Waals surface area contributed by atoms with E-state index in [9.17, 15) is 14.7 Å². The molecule has 8 nitrogen and oxygen atoms in total. The van der Waals surface area contributed by atoms with Gasteiger partial charge in [0.2, 0.25) is 0 Å². The van der Waals surface area contributed by atoms with Crippen LogP contribution in [0.15, 0.2) is 31.0 Å². The molecule has 0 aromatic carbocycles. The Labute approximate surface area is 132 Å². The number of nitrogens with zero attached hydrogens (tertiary/aromatic N) is 4. The van der Waals surface area contributed by atoms with Crippen molar-refractivity contribution in [2.24, 2.45) is 0 Å². The second-order valence-electron chi connectivity index (χ2n) is 5.65. The van der Waals surface area contributed by atoms with Crippen molar-refractivity contribution in [3.8, 4) is 5.82 Å². The van der Waals surface area contributed by atoms with Gasteiger partial charge in [0.1, 0.15) is 18.2 Å². The van der Waals surface area contributed by atoms with Gasteiger partial charge in [-0.05, 0) is 25.0 Å². The van der Waals surface area contributed by atoms with E-state index >= 15 is 0 Å². The Morgan fingerprint density at radius 2 is 2.00 bits per heavy atom. The molecule has 2 N–H and O–H groups in total. The van der Waals surface area contributed by atoms with E-state index in [1.54, 1.807) is 12.1 Å². The summed E-state index contributed by atoms with van der Waals surface area (Å²) in [6, 6.07) is 3.23. The molecule has 1 fully saturated rings. The number of aromatic nitrogens is 4. The van der Waals surface area contributed by atoms with Crippen molar-refractivity contribution in [1.29, 1.82) is 0 Å². The lowest BCUT2D eigenvalue weighted by molar-refractivity contribution is -0.145. The molecular formula is C15H17N5O3. The molecule has 0 radical (unpaired) electrons. The summed E-state index contributed by atoms with van der Waals surface area (Å²) in [6.07, 6.45) is 7.82. The first-order chi connectivity index (χ1) is 11.1. The third-order valence-corrected chi connectivity index (χ3v) is 4.13. The third-order valence-electron chi connectivity index (χ3n) is 4.13. The lowest BCUT2D eigenvalue weighted by atomic mass is 9.81. The maximum absolute atomic E-state index is 12.4. The monoisotopic (exact) mass is 315 g/mol. The number of aliphatic carboxylic acids is 1. The lowest BCUT2D eigenvalue weighted by Gasteiger charge is -2.33. The molecule has 0 unspecified atom stereocenters. The first-order valence-corrected chi connectivity index (χ1v) is 7.48. The van der Waals surface area contributed by atoms with E-state index in [0.29, 0.717) is 24.2 Å². The van der Waals surface area contributed by atoms with E-state index in [1.807, 2.05) is 0 Å². The van der Waals surface area contributed by atoms with E-state index in [-0.39, 0.29) is 0 Å². The number of carboxylic acid groups (broad SMARTS) is 1. The Kier molecular flexibility index (Phi) is 4.05. The molecule has 23 heavy (non-hydrogen) atoms. The number of hydrogen-bond acceptors (Lipinski definition) is 5. The number of carboxylic acids is 1. The van der Waals surface area contributed by atoms with Crippen molar-refractivity contribution in [3.05, 3.63) is 36.5 Å². The molecular weight excluding hydrogens is 298 g/mol. The van der Waals surface area contributed by atoms with Gasteiger partial charge < -0.3 is 10.4 Å². The first kappa shape index (κ1) is 15.1. The Balaban J connectivity index is 1.76. The molecule has 0 bridgehead atoms. The molecule has 1 saturated carbocycles. The number of rotatable bonds is 4. The van der Waals surface area contributed by atoms with Crippen molar-refractivity contribution in [3.63, 3.8) is 0 Å². The van der Waals surface area contributed by atoms with Crippen molar-refractivity contribution < 1.29 is 14.7 Å². The molecule has 0 aliphatic heterocycles. The van der Waals surface area contributed by atoms with Gasteiger partial charge in [-0.25, -0.2) is 19.4 Å². The zero-order valence-electron chi connectivity index (χ0n) is 12.5. The number of amides is 1. The van der Waals surface area contributed by atoms with Gasteiger partial charge in [0, 0.05) is 6.20 Å². The average molecular weight is 315 g/mol. The highest BCUT2D eigenvalue weighted by atomic mass is 16.4. The highest BCUT2D eigenvalue weighted by molar-refractivity contribution is 5.97. The van der Waals surface area contributed by atoms with Crippen molar-refractivity contribution in [1.82, 2.24) is 25.1 Å². The maximum Gasteiger partial charge on any atom is 0.329 e. The molecule has 2 heterocycles. The number of carbonyl (C=O) groups is 2. The van der Waals surface area contributed by atoms with Gasteiger partial charge in [-0.1, -0.05) is 19.3 Å². The number of nitrogens with one attached hydrogen (secondary N) is 1. The zero-order valence-corrected chi connectivity index (χ0v) is 12.5. The Bertz CT molecular complexity index is 690. The van der Waals surface area contributed by atoms with Crippen LogP contribution >= 0.6 is 0 Å². The minimum absolute atomic E-state index is 0.320. The van der Waals surface area contributed by atoms with E-state index in [1.165, 1.54) is 23.5 Å². The summed E-state index contributed by atoms with van der Waals surface area (Å²) in [5, 5.41) is 16.1. The van der Waals surface area contributed by atoms with E-state index in [4.69, 9.17) is 0 Å². The molecule has 120 valence electrons. The number of carbonyl (C=O) groups excluding carboxylic acids is 1. The van der Waals surface area contributed by atoms with Gasteiger partial charge >= 0.3 is 5.97 Å². The van der Waals surface area contributed by atoms with Crippen LogP contribution < -0.4 is 5.32 Å². The van der Waals surface area contributed by atoms with Crippen LogP contribution in [0, 0.1) is 0 Å². The smallest absolute Gasteiger partial charge is 0.329 e. The molecule has 1 aliphatic carbocycles. The largest absolute Gasteiger partial charge is 0.480 e. The van der Waals surface area contributed by atoms with Crippen molar-refractivity contribution in [2.45, 2.75) is 37.6 Å².